The van der Waals surface area contributed by atoms with Crippen molar-refractivity contribution in [2.75, 3.05) is 0 Å². The number of halogens is 3. The first-order valence-corrected chi connectivity index (χ1v) is 6.28. The number of fused-ring (bicyclic) bond motifs is 1. The average molecular weight is 327 g/mol. The molecular formula is C12H6BrClFN3. The summed E-state index contributed by atoms with van der Waals surface area (Å²) in [6.45, 7) is 0. The second-order valence-electron chi connectivity index (χ2n) is 3.68. The van der Waals surface area contributed by atoms with Gasteiger partial charge in [0, 0.05) is 6.20 Å². The fourth-order valence-corrected chi connectivity index (χ4v) is 2.42. The Hall–Kier alpha value is -1.46. The minimum Gasteiger partial charge on any atom is -0.338 e. The second kappa shape index (κ2) is 4.33. The Morgan fingerprint density at radius 1 is 1.28 bits per heavy atom. The Kier molecular flexibility index (Phi) is 2.80. The van der Waals surface area contributed by atoms with Crippen LogP contribution in [0, 0.1) is 5.82 Å². The minimum absolute atomic E-state index is 0.266. The normalized spacial score (nSPS) is 11.1. The van der Waals surface area contributed by atoms with Crippen molar-refractivity contribution < 1.29 is 4.39 Å². The van der Waals surface area contributed by atoms with E-state index in [1.165, 1.54) is 6.07 Å². The maximum atomic E-state index is 13.8. The number of H-pyrrole nitrogens is 1. The van der Waals surface area contributed by atoms with Crippen molar-refractivity contribution in [1.82, 2.24) is 15.0 Å². The number of hydrogen-bond donors (Lipinski definition) is 1. The molecule has 0 aliphatic heterocycles. The summed E-state index contributed by atoms with van der Waals surface area (Å²) in [7, 11) is 0. The SMILES string of the molecule is Fc1cccc(Cl)c1-c1nc2c(Br)nccc2[nH]1. The van der Waals surface area contributed by atoms with Gasteiger partial charge in [0.05, 0.1) is 16.1 Å². The van der Waals surface area contributed by atoms with Gasteiger partial charge >= 0.3 is 0 Å². The highest BCUT2D eigenvalue weighted by molar-refractivity contribution is 9.10. The van der Waals surface area contributed by atoms with Crippen molar-refractivity contribution in [3.05, 3.63) is 45.9 Å². The molecule has 3 nitrogen and oxygen atoms in total. The molecule has 0 fully saturated rings. The number of hydrogen-bond acceptors (Lipinski definition) is 2. The summed E-state index contributed by atoms with van der Waals surface area (Å²) in [5, 5.41) is 0.318. The van der Waals surface area contributed by atoms with Gasteiger partial charge in [-0.25, -0.2) is 14.4 Å². The number of aromatic nitrogens is 3. The van der Waals surface area contributed by atoms with E-state index < -0.39 is 5.82 Å². The summed E-state index contributed by atoms with van der Waals surface area (Å²) in [6, 6.07) is 6.30. The maximum absolute atomic E-state index is 13.8. The monoisotopic (exact) mass is 325 g/mol. The number of aromatic amines is 1. The van der Waals surface area contributed by atoms with Crippen LogP contribution in [0.4, 0.5) is 4.39 Å². The molecule has 0 bridgehead atoms. The lowest BCUT2D eigenvalue weighted by molar-refractivity contribution is 0.630. The highest BCUT2D eigenvalue weighted by Gasteiger charge is 2.14. The number of benzene rings is 1. The van der Waals surface area contributed by atoms with Crippen LogP contribution in [0.25, 0.3) is 22.4 Å². The van der Waals surface area contributed by atoms with Gasteiger partial charge in [-0.3, -0.25) is 0 Å². The van der Waals surface area contributed by atoms with Crippen molar-refractivity contribution >= 4 is 38.6 Å². The van der Waals surface area contributed by atoms with E-state index in [0.717, 1.165) is 5.52 Å². The predicted octanol–water partition coefficient (Wildman–Crippen LogP) is 4.18. The van der Waals surface area contributed by atoms with Gasteiger partial charge in [0.25, 0.3) is 0 Å². The van der Waals surface area contributed by atoms with Crippen LogP contribution in [-0.2, 0) is 0 Å². The average Bonchev–Trinajstić information content (AvgIpc) is 2.74. The molecule has 0 amide bonds. The van der Waals surface area contributed by atoms with Gasteiger partial charge in [0.15, 0.2) is 0 Å². The van der Waals surface area contributed by atoms with E-state index in [2.05, 4.69) is 30.9 Å². The van der Waals surface area contributed by atoms with Crippen LogP contribution in [0.1, 0.15) is 0 Å². The summed E-state index contributed by atoms with van der Waals surface area (Å²) in [5.41, 5.74) is 1.68. The van der Waals surface area contributed by atoms with Gasteiger partial charge in [0.1, 0.15) is 21.8 Å². The van der Waals surface area contributed by atoms with Crippen molar-refractivity contribution in [2.24, 2.45) is 0 Å². The van der Waals surface area contributed by atoms with Gasteiger partial charge in [-0.05, 0) is 34.1 Å². The lowest BCUT2D eigenvalue weighted by Crippen LogP contribution is -1.87. The highest BCUT2D eigenvalue weighted by Crippen LogP contribution is 2.31. The van der Waals surface area contributed by atoms with Crippen LogP contribution in [0.2, 0.25) is 5.02 Å². The van der Waals surface area contributed by atoms with Gasteiger partial charge in [-0.15, -0.1) is 0 Å². The quantitative estimate of drug-likeness (QED) is 0.682. The van der Waals surface area contributed by atoms with Crippen molar-refractivity contribution in [1.29, 1.82) is 0 Å². The summed E-state index contributed by atoms with van der Waals surface area (Å²) < 4.78 is 14.4. The predicted molar refractivity (Wildman–Crippen MR) is 72.0 cm³/mol. The molecule has 0 saturated heterocycles. The highest BCUT2D eigenvalue weighted by atomic mass is 79.9. The lowest BCUT2D eigenvalue weighted by Gasteiger charge is -2.01. The molecule has 0 aliphatic rings. The number of rotatable bonds is 1. The Labute approximate surface area is 115 Å². The molecule has 2 heterocycles. The second-order valence-corrected chi connectivity index (χ2v) is 4.84. The zero-order valence-electron chi connectivity index (χ0n) is 8.92. The third-order valence-electron chi connectivity index (χ3n) is 2.56. The first kappa shape index (κ1) is 11.6. The number of pyridine rings is 1. The molecule has 90 valence electrons. The van der Waals surface area contributed by atoms with Crippen molar-refractivity contribution in [2.45, 2.75) is 0 Å². The Bertz CT molecular complexity index is 721. The fourth-order valence-electron chi connectivity index (χ4n) is 1.75. The van der Waals surface area contributed by atoms with E-state index in [1.807, 2.05) is 0 Å². The summed E-state index contributed by atoms with van der Waals surface area (Å²) in [5.74, 6) is -0.0209. The van der Waals surface area contributed by atoms with E-state index in [0.29, 0.717) is 21.0 Å². The van der Waals surface area contributed by atoms with Crippen molar-refractivity contribution in [3.8, 4) is 11.4 Å². The third kappa shape index (κ3) is 1.79. The zero-order chi connectivity index (χ0) is 12.7. The van der Waals surface area contributed by atoms with E-state index >= 15 is 0 Å². The molecule has 1 N–H and O–H groups in total. The van der Waals surface area contributed by atoms with Crippen molar-refractivity contribution in [3.63, 3.8) is 0 Å². The summed E-state index contributed by atoms with van der Waals surface area (Å²) >= 11 is 9.30. The van der Waals surface area contributed by atoms with Crippen LogP contribution in [-0.4, -0.2) is 15.0 Å². The molecule has 0 spiro atoms. The van der Waals surface area contributed by atoms with Crippen LogP contribution in [0.3, 0.4) is 0 Å². The number of nitrogens with one attached hydrogen (secondary N) is 1. The standard InChI is InChI=1S/C12H6BrClFN3/c13-11-10-8(4-5-16-11)17-12(18-10)9-6(14)2-1-3-7(9)15/h1-5H,(H,17,18). The maximum Gasteiger partial charge on any atom is 0.143 e. The molecule has 0 radical (unpaired) electrons. The van der Waals surface area contributed by atoms with Gasteiger partial charge in [-0.1, -0.05) is 17.7 Å². The smallest absolute Gasteiger partial charge is 0.143 e. The van der Waals surface area contributed by atoms with Crippen LogP contribution in [0.15, 0.2) is 35.1 Å². The third-order valence-corrected chi connectivity index (χ3v) is 3.45. The minimum atomic E-state index is -0.411. The molecule has 3 aromatic rings. The summed E-state index contributed by atoms with van der Waals surface area (Å²) in [4.78, 5) is 11.4. The number of imidazole rings is 1. The molecule has 0 saturated carbocycles. The van der Waals surface area contributed by atoms with E-state index in [4.69, 9.17) is 11.6 Å². The molecule has 6 heteroatoms. The van der Waals surface area contributed by atoms with E-state index in [1.54, 1.807) is 24.4 Å². The van der Waals surface area contributed by atoms with Gasteiger partial charge in [-0.2, -0.15) is 0 Å². The molecule has 0 unspecified atom stereocenters. The molecule has 0 aliphatic carbocycles. The van der Waals surface area contributed by atoms with Crippen LogP contribution >= 0.6 is 27.5 Å². The lowest BCUT2D eigenvalue weighted by atomic mass is 10.2. The first-order valence-electron chi connectivity index (χ1n) is 5.11. The van der Waals surface area contributed by atoms with Gasteiger partial charge in [0.2, 0.25) is 0 Å². The number of nitrogens with zero attached hydrogens (tertiary/aromatic N) is 2. The Balaban J connectivity index is 2.30. The largest absolute Gasteiger partial charge is 0.338 e. The molecular weight excluding hydrogens is 321 g/mol. The molecule has 2 aromatic heterocycles. The van der Waals surface area contributed by atoms with Crippen LogP contribution in [0.5, 0.6) is 0 Å². The van der Waals surface area contributed by atoms with Crippen LogP contribution < -0.4 is 0 Å². The van der Waals surface area contributed by atoms with Gasteiger partial charge < -0.3 is 4.98 Å². The first-order chi connectivity index (χ1) is 8.66. The van der Waals surface area contributed by atoms with E-state index in [-0.39, 0.29) is 5.56 Å². The Morgan fingerprint density at radius 3 is 2.83 bits per heavy atom. The molecule has 0 atom stereocenters. The zero-order valence-corrected chi connectivity index (χ0v) is 11.3. The topological polar surface area (TPSA) is 41.6 Å². The van der Waals surface area contributed by atoms with E-state index in [9.17, 15) is 4.39 Å². The molecule has 18 heavy (non-hydrogen) atoms. The fraction of sp³-hybridized carbons (Fsp3) is 0. The molecule has 1 aromatic carbocycles. The summed E-state index contributed by atoms with van der Waals surface area (Å²) in [6.07, 6.45) is 1.64. The molecule has 3 rings (SSSR count). The Morgan fingerprint density at radius 2 is 2.11 bits per heavy atom.